The number of carbonyl (C=O) groups is 1. The molecule has 0 aromatic heterocycles. The molecule has 1 N–H and O–H groups in total. The average Bonchev–Trinajstić information content (AvgIpc) is 2.61. The lowest BCUT2D eigenvalue weighted by Gasteiger charge is -2.08. The highest BCUT2D eigenvalue weighted by molar-refractivity contribution is 9.10. The Kier molecular flexibility index (Phi) is 2.85. The maximum absolute atomic E-state index is 12.2. The van der Waals surface area contributed by atoms with Crippen LogP contribution in [0.1, 0.15) is 38.1 Å². The van der Waals surface area contributed by atoms with E-state index in [1.165, 1.54) is 0 Å². The lowest BCUT2D eigenvalue weighted by Crippen LogP contribution is -2.29. The predicted molar refractivity (Wildman–Crippen MR) is 73.0 cm³/mol. The first-order valence-electron chi connectivity index (χ1n) is 5.84. The van der Waals surface area contributed by atoms with Crippen LogP contribution in [0.15, 0.2) is 28.7 Å². The first-order chi connectivity index (χ1) is 7.78. The van der Waals surface area contributed by atoms with E-state index in [0.717, 1.165) is 4.47 Å². The van der Waals surface area contributed by atoms with E-state index in [-0.39, 0.29) is 22.8 Å². The van der Waals surface area contributed by atoms with E-state index in [9.17, 15) is 4.79 Å². The van der Waals surface area contributed by atoms with Crippen LogP contribution < -0.4 is 5.32 Å². The molecule has 0 atom stereocenters. The zero-order valence-corrected chi connectivity index (χ0v) is 12.3. The molecular weight excluding hydrogens is 278 g/mol. The van der Waals surface area contributed by atoms with Gasteiger partial charge in [-0.25, -0.2) is 0 Å². The third kappa shape index (κ3) is 1.90. The van der Waals surface area contributed by atoms with Crippen molar-refractivity contribution in [2.45, 2.75) is 33.7 Å². The molecule has 0 bridgehead atoms. The Balaban J connectivity index is 2.13. The van der Waals surface area contributed by atoms with Crippen molar-refractivity contribution < 1.29 is 4.79 Å². The number of halogens is 1. The topological polar surface area (TPSA) is 29.1 Å². The normalized spacial score (nSPS) is 21.0. The zero-order valence-electron chi connectivity index (χ0n) is 10.7. The average molecular weight is 296 g/mol. The third-order valence-electron chi connectivity index (χ3n) is 4.41. The number of nitrogens with one attached hydrogen (secondary N) is 1. The molecular formula is C14H18BrNO. The number of hydrogen-bond donors (Lipinski definition) is 1. The Morgan fingerprint density at radius 2 is 1.71 bits per heavy atom. The van der Waals surface area contributed by atoms with Gasteiger partial charge >= 0.3 is 0 Å². The quantitative estimate of drug-likeness (QED) is 0.887. The van der Waals surface area contributed by atoms with Gasteiger partial charge in [0.05, 0.1) is 5.56 Å². The molecule has 1 saturated carbocycles. The second kappa shape index (κ2) is 3.84. The molecule has 1 aromatic carbocycles. The summed E-state index contributed by atoms with van der Waals surface area (Å²) in [6.45, 7) is 8.77. The van der Waals surface area contributed by atoms with Crippen LogP contribution in [0.25, 0.3) is 0 Å². The minimum Gasteiger partial charge on any atom is -0.348 e. The third-order valence-corrected chi connectivity index (χ3v) is 5.11. The first kappa shape index (κ1) is 12.6. The van der Waals surface area contributed by atoms with Gasteiger partial charge in [0.2, 0.25) is 0 Å². The van der Waals surface area contributed by atoms with Gasteiger partial charge in [-0.1, -0.05) is 39.8 Å². The summed E-state index contributed by atoms with van der Waals surface area (Å²) < 4.78 is 0.841. The smallest absolute Gasteiger partial charge is 0.252 e. The number of amides is 1. The van der Waals surface area contributed by atoms with Crippen molar-refractivity contribution in [3.05, 3.63) is 34.3 Å². The predicted octanol–water partition coefficient (Wildman–Crippen LogP) is 3.61. The van der Waals surface area contributed by atoms with Gasteiger partial charge in [0.15, 0.2) is 0 Å². The standard InChI is InChI=1S/C14H18BrNO/c1-13(2)12(14(13,3)4)16-11(17)9-7-5-6-8-10(9)15/h5-8,12H,1-4H3,(H,16,17). The Morgan fingerprint density at radius 1 is 1.18 bits per heavy atom. The van der Waals surface area contributed by atoms with Crippen molar-refractivity contribution in [3.8, 4) is 0 Å². The molecule has 92 valence electrons. The van der Waals surface area contributed by atoms with E-state index in [2.05, 4.69) is 48.9 Å². The monoisotopic (exact) mass is 295 g/mol. The first-order valence-corrected chi connectivity index (χ1v) is 6.63. The van der Waals surface area contributed by atoms with Crippen LogP contribution in [0, 0.1) is 10.8 Å². The van der Waals surface area contributed by atoms with Gasteiger partial charge in [-0.3, -0.25) is 4.79 Å². The Hall–Kier alpha value is -0.830. The van der Waals surface area contributed by atoms with Gasteiger partial charge in [0.1, 0.15) is 0 Å². The van der Waals surface area contributed by atoms with E-state index in [1.807, 2.05) is 24.3 Å². The molecule has 2 rings (SSSR count). The van der Waals surface area contributed by atoms with Crippen LogP contribution in [0.3, 0.4) is 0 Å². The van der Waals surface area contributed by atoms with E-state index >= 15 is 0 Å². The maximum atomic E-state index is 12.2. The second-order valence-electron chi connectivity index (χ2n) is 5.83. The van der Waals surface area contributed by atoms with Crippen LogP contribution in [0.2, 0.25) is 0 Å². The SMILES string of the molecule is CC1(C)C(NC(=O)c2ccccc2Br)C1(C)C. The number of carbonyl (C=O) groups excluding carboxylic acids is 1. The summed E-state index contributed by atoms with van der Waals surface area (Å²) in [5.74, 6) is 0.00104. The summed E-state index contributed by atoms with van der Waals surface area (Å²) in [4.78, 5) is 12.2. The summed E-state index contributed by atoms with van der Waals surface area (Å²) in [5.41, 5.74) is 1.04. The molecule has 1 aliphatic carbocycles. The van der Waals surface area contributed by atoms with Crippen molar-refractivity contribution in [2.75, 3.05) is 0 Å². The number of hydrogen-bond acceptors (Lipinski definition) is 1. The highest BCUT2D eigenvalue weighted by Crippen LogP contribution is 2.62. The fraction of sp³-hybridized carbons (Fsp3) is 0.500. The van der Waals surface area contributed by atoms with Crippen molar-refractivity contribution >= 4 is 21.8 Å². The maximum Gasteiger partial charge on any atom is 0.252 e. The molecule has 1 fully saturated rings. The Labute approximate surface area is 111 Å². The van der Waals surface area contributed by atoms with Gasteiger partial charge in [-0.15, -0.1) is 0 Å². The molecule has 17 heavy (non-hydrogen) atoms. The van der Waals surface area contributed by atoms with Gasteiger partial charge in [0.25, 0.3) is 5.91 Å². The fourth-order valence-electron chi connectivity index (χ4n) is 2.41. The van der Waals surface area contributed by atoms with Crippen LogP contribution in [0.4, 0.5) is 0 Å². The van der Waals surface area contributed by atoms with Crippen molar-refractivity contribution in [1.82, 2.24) is 5.32 Å². The van der Waals surface area contributed by atoms with Crippen LogP contribution in [-0.4, -0.2) is 11.9 Å². The number of rotatable bonds is 2. The van der Waals surface area contributed by atoms with Gasteiger partial charge in [-0.05, 0) is 38.9 Å². The molecule has 2 nitrogen and oxygen atoms in total. The minimum atomic E-state index is 0.00104. The van der Waals surface area contributed by atoms with Crippen molar-refractivity contribution in [1.29, 1.82) is 0 Å². The second-order valence-corrected chi connectivity index (χ2v) is 6.68. The Morgan fingerprint density at radius 3 is 2.18 bits per heavy atom. The van der Waals surface area contributed by atoms with Gasteiger partial charge in [0, 0.05) is 10.5 Å². The van der Waals surface area contributed by atoms with E-state index in [0.29, 0.717) is 5.56 Å². The lowest BCUT2D eigenvalue weighted by atomic mass is 10.0. The highest BCUT2D eigenvalue weighted by Gasteiger charge is 2.65. The molecule has 0 heterocycles. The van der Waals surface area contributed by atoms with Crippen LogP contribution in [0.5, 0.6) is 0 Å². The highest BCUT2D eigenvalue weighted by atomic mass is 79.9. The molecule has 0 saturated heterocycles. The van der Waals surface area contributed by atoms with Crippen molar-refractivity contribution in [3.63, 3.8) is 0 Å². The fourth-order valence-corrected chi connectivity index (χ4v) is 2.88. The van der Waals surface area contributed by atoms with Gasteiger partial charge < -0.3 is 5.32 Å². The molecule has 0 radical (unpaired) electrons. The summed E-state index contributed by atoms with van der Waals surface area (Å²) in [6.07, 6.45) is 0. The molecule has 0 unspecified atom stereocenters. The van der Waals surface area contributed by atoms with Crippen LogP contribution in [-0.2, 0) is 0 Å². The molecule has 0 aliphatic heterocycles. The summed E-state index contributed by atoms with van der Waals surface area (Å²) in [6, 6.07) is 7.75. The van der Waals surface area contributed by atoms with E-state index in [1.54, 1.807) is 0 Å². The lowest BCUT2D eigenvalue weighted by molar-refractivity contribution is 0.0943. The molecule has 0 spiro atoms. The minimum absolute atomic E-state index is 0.00104. The largest absolute Gasteiger partial charge is 0.348 e. The summed E-state index contributed by atoms with van der Waals surface area (Å²) in [7, 11) is 0. The Bertz CT molecular complexity index is 451. The number of benzene rings is 1. The molecule has 1 aromatic rings. The van der Waals surface area contributed by atoms with E-state index in [4.69, 9.17) is 0 Å². The molecule has 3 heteroatoms. The van der Waals surface area contributed by atoms with Crippen molar-refractivity contribution in [2.24, 2.45) is 10.8 Å². The van der Waals surface area contributed by atoms with Gasteiger partial charge in [-0.2, -0.15) is 0 Å². The molecule has 1 aliphatic rings. The molecule has 1 amide bonds. The summed E-state index contributed by atoms with van der Waals surface area (Å²) >= 11 is 3.40. The van der Waals surface area contributed by atoms with Crippen LogP contribution >= 0.6 is 15.9 Å². The zero-order chi connectivity index (χ0) is 12.8. The summed E-state index contributed by atoms with van der Waals surface area (Å²) in [5, 5.41) is 3.12. The van der Waals surface area contributed by atoms with E-state index < -0.39 is 0 Å².